The SMILES string of the molecule is CCCn1nc(C(=O)N(C)C)c2c1CC[C@@H](NCc1ccccc1C)C2. The first kappa shape index (κ1) is 18.6. The molecule has 1 heterocycles. The van der Waals surface area contributed by atoms with Crippen LogP contribution >= 0.6 is 0 Å². The maximum atomic E-state index is 12.6. The standard InChI is InChI=1S/C21H30N4O/c1-5-12-25-19-11-10-17(22-14-16-9-7-6-8-15(16)2)13-18(19)20(23-25)21(26)24(3)4/h6-9,17,22H,5,10-14H2,1-4H3/t17-/m1/s1. The Bertz CT molecular complexity index is 778. The number of aromatic nitrogens is 2. The van der Waals surface area contributed by atoms with E-state index in [1.165, 1.54) is 16.8 Å². The molecule has 0 saturated heterocycles. The molecule has 1 aromatic heterocycles. The molecule has 1 N–H and O–H groups in total. The van der Waals surface area contributed by atoms with Crippen LogP contribution in [0.15, 0.2) is 24.3 Å². The summed E-state index contributed by atoms with van der Waals surface area (Å²) in [5, 5.41) is 8.36. The average molecular weight is 354 g/mol. The lowest BCUT2D eigenvalue weighted by Crippen LogP contribution is -2.35. The van der Waals surface area contributed by atoms with Crippen LogP contribution in [0.25, 0.3) is 0 Å². The molecule has 0 unspecified atom stereocenters. The number of hydrogen-bond acceptors (Lipinski definition) is 3. The zero-order valence-electron chi connectivity index (χ0n) is 16.4. The Balaban J connectivity index is 1.78. The number of carbonyl (C=O) groups excluding carboxylic acids is 1. The van der Waals surface area contributed by atoms with Crippen molar-refractivity contribution in [2.45, 2.75) is 58.7 Å². The van der Waals surface area contributed by atoms with Crippen molar-refractivity contribution in [2.75, 3.05) is 14.1 Å². The fraction of sp³-hybridized carbons (Fsp3) is 0.524. The fourth-order valence-corrected chi connectivity index (χ4v) is 3.71. The first-order valence-corrected chi connectivity index (χ1v) is 9.59. The zero-order chi connectivity index (χ0) is 18.7. The number of aryl methyl sites for hydroxylation is 2. The lowest BCUT2D eigenvalue weighted by molar-refractivity contribution is 0.0819. The third kappa shape index (κ3) is 3.83. The maximum absolute atomic E-state index is 12.6. The molecule has 1 atom stereocenters. The third-order valence-corrected chi connectivity index (χ3v) is 5.23. The molecule has 0 saturated carbocycles. The Morgan fingerprint density at radius 3 is 2.81 bits per heavy atom. The van der Waals surface area contributed by atoms with Gasteiger partial charge in [-0.15, -0.1) is 0 Å². The van der Waals surface area contributed by atoms with E-state index < -0.39 is 0 Å². The van der Waals surface area contributed by atoms with E-state index in [2.05, 4.69) is 53.2 Å². The number of rotatable bonds is 6. The van der Waals surface area contributed by atoms with Crippen molar-refractivity contribution in [3.63, 3.8) is 0 Å². The lowest BCUT2D eigenvalue weighted by atomic mass is 9.90. The summed E-state index contributed by atoms with van der Waals surface area (Å²) in [5.74, 6) is 0.00987. The summed E-state index contributed by atoms with van der Waals surface area (Å²) in [6.45, 7) is 6.05. The number of hydrogen-bond donors (Lipinski definition) is 1. The van der Waals surface area contributed by atoms with Crippen LogP contribution < -0.4 is 5.32 Å². The maximum Gasteiger partial charge on any atom is 0.274 e. The normalized spacial score (nSPS) is 16.4. The van der Waals surface area contributed by atoms with Crippen LogP contribution in [0, 0.1) is 6.92 Å². The highest BCUT2D eigenvalue weighted by Crippen LogP contribution is 2.26. The molecule has 1 aliphatic rings. The van der Waals surface area contributed by atoms with Crippen molar-refractivity contribution in [3.05, 3.63) is 52.3 Å². The number of carbonyl (C=O) groups is 1. The minimum absolute atomic E-state index is 0.00987. The summed E-state index contributed by atoms with van der Waals surface area (Å²) in [4.78, 5) is 14.2. The number of amides is 1. The summed E-state index contributed by atoms with van der Waals surface area (Å²) in [5.41, 5.74) is 5.69. The van der Waals surface area contributed by atoms with Gasteiger partial charge in [-0.25, -0.2) is 0 Å². The number of nitrogens with one attached hydrogen (secondary N) is 1. The van der Waals surface area contributed by atoms with Gasteiger partial charge in [-0.05, 0) is 43.7 Å². The Labute approximate surface area is 156 Å². The highest BCUT2D eigenvalue weighted by molar-refractivity contribution is 5.93. The second-order valence-corrected chi connectivity index (χ2v) is 7.44. The minimum Gasteiger partial charge on any atom is -0.343 e. The molecule has 0 bridgehead atoms. The molecular weight excluding hydrogens is 324 g/mol. The second kappa shape index (κ2) is 8.04. The van der Waals surface area contributed by atoms with Crippen molar-refractivity contribution in [1.29, 1.82) is 0 Å². The van der Waals surface area contributed by atoms with E-state index in [0.717, 1.165) is 44.3 Å². The highest BCUT2D eigenvalue weighted by atomic mass is 16.2. The third-order valence-electron chi connectivity index (χ3n) is 5.23. The van der Waals surface area contributed by atoms with E-state index in [1.54, 1.807) is 19.0 Å². The molecule has 0 spiro atoms. The van der Waals surface area contributed by atoms with Crippen LogP contribution in [-0.4, -0.2) is 40.7 Å². The van der Waals surface area contributed by atoms with Gasteiger partial charge in [0.1, 0.15) is 0 Å². The van der Waals surface area contributed by atoms with Gasteiger partial charge < -0.3 is 10.2 Å². The van der Waals surface area contributed by atoms with Gasteiger partial charge in [0.05, 0.1) is 0 Å². The average Bonchev–Trinajstić information content (AvgIpc) is 2.98. The molecule has 26 heavy (non-hydrogen) atoms. The van der Waals surface area contributed by atoms with Gasteiger partial charge in [0, 0.05) is 44.5 Å². The van der Waals surface area contributed by atoms with Crippen LogP contribution in [0.1, 0.15) is 52.6 Å². The minimum atomic E-state index is 0.00987. The first-order chi connectivity index (χ1) is 12.5. The van der Waals surface area contributed by atoms with Gasteiger partial charge >= 0.3 is 0 Å². The molecule has 2 aromatic rings. The van der Waals surface area contributed by atoms with E-state index in [1.807, 2.05) is 0 Å². The van der Waals surface area contributed by atoms with Gasteiger partial charge in [0.25, 0.3) is 5.91 Å². The van der Waals surface area contributed by atoms with Crippen LogP contribution in [0.3, 0.4) is 0 Å². The van der Waals surface area contributed by atoms with Crippen LogP contribution in [0.2, 0.25) is 0 Å². The molecule has 1 amide bonds. The number of fused-ring (bicyclic) bond motifs is 1. The molecule has 0 fully saturated rings. The predicted octanol–water partition coefficient (Wildman–Crippen LogP) is 2.95. The quantitative estimate of drug-likeness (QED) is 0.868. The van der Waals surface area contributed by atoms with Gasteiger partial charge in [-0.2, -0.15) is 5.10 Å². The molecule has 5 nitrogen and oxygen atoms in total. The second-order valence-electron chi connectivity index (χ2n) is 7.44. The molecule has 1 aliphatic carbocycles. The summed E-state index contributed by atoms with van der Waals surface area (Å²) in [6, 6.07) is 8.88. The van der Waals surface area contributed by atoms with Crippen LogP contribution in [-0.2, 0) is 25.9 Å². The Hall–Kier alpha value is -2.14. The van der Waals surface area contributed by atoms with Crippen molar-refractivity contribution in [2.24, 2.45) is 0 Å². The summed E-state index contributed by atoms with van der Waals surface area (Å²) in [6.07, 6.45) is 3.97. The van der Waals surface area contributed by atoms with Crippen molar-refractivity contribution in [3.8, 4) is 0 Å². The van der Waals surface area contributed by atoms with E-state index in [4.69, 9.17) is 0 Å². The number of nitrogens with zero attached hydrogens (tertiary/aromatic N) is 3. The molecule has 0 radical (unpaired) electrons. The Kier molecular flexibility index (Phi) is 5.77. The first-order valence-electron chi connectivity index (χ1n) is 9.59. The van der Waals surface area contributed by atoms with Gasteiger partial charge in [-0.3, -0.25) is 9.48 Å². The fourth-order valence-electron chi connectivity index (χ4n) is 3.71. The summed E-state index contributed by atoms with van der Waals surface area (Å²) in [7, 11) is 3.59. The van der Waals surface area contributed by atoms with E-state index in [0.29, 0.717) is 11.7 Å². The van der Waals surface area contributed by atoms with E-state index in [9.17, 15) is 4.79 Å². The van der Waals surface area contributed by atoms with Crippen LogP contribution in [0.5, 0.6) is 0 Å². The molecule has 140 valence electrons. The van der Waals surface area contributed by atoms with E-state index >= 15 is 0 Å². The highest BCUT2D eigenvalue weighted by Gasteiger charge is 2.29. The van der Waals surface area contributed by atoms with Gasteiger partial charge in [-0.1, -0.05) is 31.2 Å². The van der Waals surface area contributed by atoms with E-state index in [-0.39, 0.29) is 5.91 Å². The summed E-state index contributed by atoms with van der Waals surface area (Å²) < 4.78 is 2.06. The lowest BCUT2D eigenvalue weighted by Gasteiger charge is -2.25. The predicted molar refractivity (Wildman–Crippen MR) is 104 cm³/mol. The Morgan fingerprint density at radius 1 is 1.35 bits per heavy atom. The Morgan fingerprint density at radius 2 is 2.12 bits per heavy atom. The smallest absolute Gasteiger partial charge is 0.274 e. The van der Waals surface area contributed by atoms with Gasteiger partial charge in [0.2, 0.25) is 0 Å². The largest absolute Gasteiger partial charge is 0.343 e. The van der Waals surface area contributed by atoms with Gasteiger partial charge in [0.15, 0.2) is 5.69 Å². The monoisotopic (exact) mass is 354 g/mol. The van der Waals surface area contributed by atoms with Crippen molar-refractivity contribution in [1.82, 2.24) is 20.0 Å². The van der Waals surface area contributed by atoms with Crippen LogP contribution in [0.4, 0.5) is 0 Å². The molecule has 0 aliphatic heterocycles. The summed E-state index contributed by atoms with van der Waals surface area (Å²) >= 11 is 0. The topological polar surface area (TPSA) is 50.2 Å². The molecular formula is C21H30N4O. The zero-order valence-corrected chi connectivity index (χ0v) is 16.4. The number of benzene rings is 1. The van der Waals surface area contributed by atoms with Crippen molar-refractivity contribution >= 4 is 5.91 Å². The van der Waals surface area contributed by atoms with Crippen molar-refractivity contribution < 1.29 is 4.79 Å². The molecule has 3 rings (SSSR count). The molecule has 5 heteroatoms. The molecule has 1 aromatic carbocycles.